The minimum atomic E-state index is 0.340. The molecule has 0 aromatic rings. The van der Waals surface area contributed by atoms with Crippen molar-refractivity contribution in [3.8, 4) is 0 Å². The molecule has 1 saturated heterocycles. The van der Waals surface area contributed by atoms with Crippen LogP contribution in [-0.4, -0.2) is 42.3 Å². The van der Waals surface area contributed by atoms with Gasteiger partial charge in [-0.05, 0) is 58.2 Å². The average molecular weight is 214 g/mol. The third kappa shape index (κ3) is 4.96. The zero-order valence-electron chi connectivity index (χ0n) is 9.83. The summed E-state index contributed by atoms with van der Waals surface area (Å²) in [6, 6.07) is 0.734. The summed E-state index contributed by atoms with van der Waals surface area (Å²) < 4.78 is 0. The van der Waals surface area contributed by atoms with Crippen LogP contribution in [0.25, 0.3) is 0 Å². The lowest BCUT2D eigenvalue weighted by atomic mass is 9.99. The Kier molecular flexibility index (Phi) is 6.98. The maximum Gasteiger partial charge on any atom is 0.0431 e. The summed E-state index contributed by atoms with van der Waals surface area (Å²) in [5.74, 6) is 0. The summed E-state index contributed by atoms with van der Waals surface area (Å²) in [5, 5.41) is 8.71. The van der Waals surface area contributed by atoms with Crippen molar-refractivity contribution < 1.29 is 5.11 Å². The van der Waals surface area contributed by atoms with Gasteiger partial charge in [-0.2, -0.15) is 0 Å². The number of aliphatic hydroxyl groups is 1. The summed E-state index contributed by atoms with van der Waals surface area (Å²) in [4.78, 5) is 2.60. The topological polar surface area (TPSA) is 49.5 Å². The summed E-state index contributed by atoms with van der Waals surface area (Å²) in [5.41, 5.74) is 5.64. The minimum absolute atomic E-state index is 0.340. The molecule has 1 aliphatic rings. The molecule has 1 fully saturated rings. The van der Waals surface area contributed by atoms with Gasteiger partial charge in [-0.3, -0.25) is 0 Å². The van der Waals surface area contributed by atoms with Crippen LogP contribution in [0.4, 0.5) is 0 Å². The number of likely N-dealkylation sites (tertiary alicyclic amines) is 1. The van der Waals surface area contributed by atoms with Crippen molar-refractivity contribution in [2.24, 2.45) is 5.73 Å². The third-order valence-electron chi connectivity index (χ3n) is 3.35. The first-order valence-corrected chi connectivity index (χ1v) is 6.43. The molecule has 1 rings (SSSR count). The van der Waals surface area contributed by atoms with Gasteiger partial charge in [-0.1, -0.05) is 6.42 Å². The van der Waals surface area contributed by atoms with Crippen molar-refractivity contribution >= 4 is 0 Å². The van der Waals surface area contributed by atoms with E-state index in [4.69, 9.17) is 10.8 Å². The molecule has 0 aromatic carbocycles. The van der Waals surface area contributed by atoms with Crippen LogP contribution < -0.4 is 5.73 Å². The molecule has 0 spiro atoms. The van der Waals surface area contributed by atoms with Crippen LogP contribution in [0.5, 0.6) is 0 Å². The van der Waals surface area contributed by atoms with Gasteiger partial charge in [0.15, 0.2) is 0 Å². The highest BCUT2D eigenvalue weighted by Gasteiger charge is 2.20. The van der Waals surface area contributed by atoms with Crippen LogP contribution in [0.15, 0.2) is 0 Å². The van der Waals surface area contributed by atoms with Crippen molar-refractivity contribution in [3.63, 3.8) is 0 Å². The molecule has 90 valence electrons. The second-order valence-corrected chi connectivity index (χ2v) is 4.55. The molecule has 1 aliphatic heterocycles. The lowest BCUT2D eigenvalue weighted by molar-refractivity contribution is 0.138. The zero-order valence-corrected chi connectivity index (χ0v) is 9.83. The summed E-state index contributed by atoms with van der Waals surface area (Å²) in [7, 11) is 0. The number of aliphatic hydroxyl groups excluding tert-OH is 1. The Morgan fingerprint density at radius 2 is 2.07 bits per heavy atom. The first-order chi connectivity index (χ1) is 7.38. The molecule has 0 radical (unpaired) electrons. The maximum absolute atomic E-state index is 8.71. The molecule has 0 aliphatic carbocycles. The Balaban J connectivity index is 2.17. The first kappa shape index (κ1) is 12.9. The van der Waals surface area contributed by atoms with Crippen molar-refractivity contribution in [2.45, 2.75) is 51.0 Å². The summed E-state index contributed by atoms with van der Waals surface area (Å²) >= 11 is 0. The highest BCUT2D eigenvalue weighted by Crippen LogP contribution is 2.19. The van der Waals surface area contributed by atoms with E-state index in [1.54, 1.807) is 0 Å². The number of piperidine rings is 1. The first-order valence-electron chi connectivity index (χ1n) is 6.43. The Labute approximate surface area is 93.6 Å². The van der Waals surface area contributed by atoms with E-state index in [9.17, 15) is 0 Å². The molecule has 0 aromatic heterocycles. The van der Waals surface area contributed by atoms with E-state index >= 15 is 0 Å². The fourth-order valence-corrected chi connectivity index (χ4v) is 2.48. The fourth-order valence-electron chi connectivity index (χ4n) is 2.48. The van der Waals surface area contributed by atoms with Gasteiger partial charge in [0.05, 0.1) is 0 Å². The van der Waals surface area contributed by atoms with Crippen molar-refractivity contribution in [3.05, 3.63) is 0 Å². The molecule has 0 saturated carbocycles. The minimum Gasteiger partial charge on any atom is -0.396 e. The zero-order chi connectivity index (χ0) is 10.9. The largest absolute Gasteiger partial charge is 0.396 e. The van der Waals surface area contributed by atoms with Gasteiger partial charge >= 0.3 is 0 Å². The quantitative estimate of drug-likeness (QED) is 0.629. The molecule has 0 bridgehead atoms. The van der Waals surface area contributed by atoms with Crippen LogP contribution in [0.1, 0.15) is 44.9 Å². The van der Waals surface area contributed by atoms with Crippen LogP contribution in [0.3, 0.4) is 0 Å². The lowest BCUT2D eigenvalue weighted by Crippen LogP contribution is -2.41. The molecular formula is C12H26N2O. The molecule has 3 nitrogen and oxygen atoms in total. The van der Waals surface area contributed by atoms with E-state index in [0.29, 0.717) is 6.61 Å². The van der Waals surface area contributed by atoms with Gasteiger partial charge in [0.25, 0.3) is 0 Å². The van der Waals surface area contributed by atoms with E-state index in [2.05, 4.69) is 4.90 Å². The maximum atomic E-state index is 8.71. The normalized spacial score (nSPS) is 23.2. The van der Waals surface area contributed by atoms with Gasteiger partial charge in [0.1, 0.15) is 0 Å². The molecular weight excluding hydrogens is 188 g/mol. The van der Waals surface area contributed by atoms with E-state index in [-0.39, 0.29) is 0 Å². The third-order valence-corrected chi connectivity index (χ3v) is 3.35. The average Bonchev–Trinajstić information content (AvgIpc) is 2.27. The van der Waals surface area contributed by atoms with Gasteiger partial charge in [0.2, 0.25) is 0 Å². The Hall–Kier alpha value is -0.120. The highest BCUT2D eigenvalue weighted by atomic mass is 16.2. The predicted octanol–water partition coefficient (Wildman–Crippen LogP) is 1.35. The van der Waals surface area contributed by atoms with Crippen LogP contribution >= 0.6 is 0 Å². The molecule has 15 heavy (non-hydrogen) atoms. The predicted molar refractivity (Wildman–Crippen MR) is 63.8 cm³/mol. The number of nitrogens with two attached hydrogens (primary N) is 1. The molecule has 0 amide bonds. The van der Waals surface area contributed by atoms with Gasteiger partial charge in [0, 0.05) is 12.6 Å². The van der Waals surface area contributed by atoms with E-state index in [1.165, 1.54) is 38.8 Å². The summed E-state index contributed by atoms with van der Waals surface area (Å²) in [6.07, 6.45) is 8.54. The molecule has 1 unspecified atom stereocenters. The van der Waals surface area contributed by atoms with Crippen LogP contribution in [0.2, 0.25) is 0 Å². The van der Waals surface area contributed by atoms with E-state index in [1.807, 2.05) is 0 Å². The Morgan fingerprint density at radius 3 is 2.80 bits per heavy atom. The van der Waals surface area contributed by atoms with Gasteiger partial charge in [-0.25, -0.2) is 0 Å². The fraction of sp³-hybridized carbons (Fsp3) is 1.00. The number of hydrogen-bond donors (Lipinski definition) is 2. The number of nitrogens with zero attached hydrogens (tertiary/aromatic N) is 1. The molecule has 1 heterocycles. The smallest absolute Gasteiger partial charge is 0.0431 e. The highest BCUT2D eigenvalue weighted by molar-refractivity contribution is 4.76. The van der Waals surface area contributed by atoms with Gasteiger partial charge in [-0.15, -0.1) is 0 Å². The van der Waals surface area contributed by atoms with Crippen LogP contribution in [0, 0.1) is 0 Å². The Bertz CT molecular complexity index is 151. The second-order valence-electron chi connectivity index (χ2n) is 4.55. The lowest BCUT2D eigenvalue weighted by Gasteiger charge is -2.35. The van der Waals surface area contributed by atoms with Crippen LogP contribution in [-0.2, 0) is 0 Å². The SMILES string of the molecule is NCCC1CCCCN1CCCCCO. The number of hydrogen-bond acceptors (Lipinski definition) is 3. The molecule has 3 heteroatoms. The standard InChI is InChI=1S/C12H26N2O/c13-8-7-12-6-2-4-10-14(12)9-3-1-5-11-15/h12,15H,1-11,13H2. The number of unbranched alkanes of at least 4 members (excludes halogenated alkanes) is 2. The van der Waals surface area contributed by atoms with Crippen molar-refractivity contribution in [1.29, 1.82) is 0 Å². The van der Waals surface area contributed by atoms with Gasteiger partial charge < -0.3 is 15.7 Å². The molecule has 1 atom stereocenters. The summed E-state index contributed by atoms with van der Waals surface area (Å²) in [6.45, 7) is 3.61. The monoisotopic (exact) mass is 214 g/mol. The van der Waals surface area contributed by atoms with E-state index in [0.717, 1.165) is 31.8 Å². The number of rotatable bonds is 7. The van der Waals surface area contributed by atoms with E-state index < -0.39 is 0 Å². The molecule has 3 N–H and O–H groups in total. The van der Waals surface area contributed by atoms with Crippen molar-refractivity contribution in [1.82, 2.24) is 4.90 Å². The Morgan fingerprint density at radius 1 is 1.20 bits per heavy atom. The van der Waals surface area contributed by atoms with Crippen molar-refractivity contribution in [2.75, 3.05) is 26.2 Å². The second kappa shape index (κ2) is 8.08.